The van der Waals surface area contributed by atoms with Crippen LogP contribution in [0.5, 0.6) is 5.75 Å². The number of nitrogen functional groups attached to an aromatic ring is 1. The third-order valence-electron chi connectivity index (χ3n) is 2.15. The lowest BCUT2D eigenvalue weighted by Gasteiger charge is -2.08. The minimum atomic E-state index is -0.506. The van der Waals surface area contributed by atoms with Gasteiger partial charge in [-0.3, -0.25) is 0 Å². The van der Waals surface area contributed by atoms with Gasteiger partial charge in [-0.15, -0.1) is 5.10 Å². The van der Waals surface area contributed by atoms with Crippen LogP contribution in [-0.2, 0) is 0 Å². The first-order chi connectivity index (χ1) is 7.63. The number of hydrogen-bond donors (Lipinski definition) is 1. The predicted octanol–water partition coefficient (Wildman–Crippen LogP) is 0.701. The van der Waals surface area contributed by atoms with Gasteiger partial charge in [0.1, 0.15) is 11.4 Å². The van der Waals surface area contributed by atoms with Crippen molar-refractivity contribution in [1.82, 2.24) is 20.2 Å². The molecule has 6 nitrogen and oxygen atoms in total. The van der Waals surface area contributed by atoms with E-state index in [1.165, 1.54) is 23.9 Å². The summed E-state index contributed by atoms with van der Waals surface area (Å²) in [5.41, 5.74) is 6.00. The summed E-state index contributed by atoms with van der Waals surface area (Å²) < 4.78 is 19.9. The van der Waals surface area contributed by atoms with E-state index in [1.807, 2.05) is 0 Å². The molecule has 1 heterocycles. The average Bonchev–Trinajstić information content (AvgIpc) is 2.65. The van der Waals surface area contributed by atoms with Crippen molar-refractivity contribution in [3.63, 3.8) is 0 Å². The molecule has 0 saturated heterocycles. The molecule has 1 aromatic heterocycles. The van der Waals surface area contributed by atoms with Gasteiger partial charge in [0.2, 0.25) is 0 Å². The van der Waals surface area contributed by atoms with Crippen LogP contribution in [0.15, 0.2) is 12.1 Å². The Labute approximate surface area is 90.8 Å². The normalized spacial score (nSPS) is 10.4. The number of nitrogens with two attached hydrogens (primary N) is 1. The van der Waals surface area contributed by atoms with Crippen LogP contribution in [0, 0.1) is 12.7 Å². The maximum Gasteiger partial charge on any atom is 0.153 e. The first-order valence-corrected chi connectivity index (χ1v) is 4.52. The van der Waals surface area contributed by atoms with E-state index in [-0.39, 0.29) is 11.4 Å². The molecule has 0 spiro atoms. The van der Waals surface area contributed by atoms with Gasteiger partial charge in [-0.05, 0) is 17.4 Å². The second kappa shape index (κ2) is 3.76. The Balaban J connectivity index is 2.61. The van der Waals surface area contributed by atoms with Gasteiger partial charge in [-0.2, -0.15) is 4.68 Å². The number of aromatic nitrogens is 4. The summed E-state index contributed by atoms with van der Waals surface area (Å²) >= 11 is 0. The van der Waals surface area contributed by atoms with Crippen molar-refractivity contribution in [3.05, 3.63) is 23.8 Å². The smallest absolute Gasteiger partial charge is 0.153 e. The standard InChI is InChI=1S/C9H10FN5O/c1-5-12-13-14-15(5)8-4-9(16-2)7(11)3-6(8)10/h3-4H,11H2,1-2H3. The summed E-state index contributed by atoms with van der Waals surface area (Å²) in [6.45, 7) is 1.67. The molecule has 2 aromatic rings. The summed E-state index contributed by atoms with van der Waals surface area (Å²) in [4.78, 5) is 0. The van der Waals surface area contributed by atoms with Crippen LogP contribution < -0.4 is 10.5 Å². The average molecular weight is 223 g/mol. The fourth-order valence-corrected chi connectivity index (χ4v) is 1.35. The van der Waals surface area contributed by atoms with E-state index in [4.69, 9.17) is 10.5 Å². The number of rotatable bonds is 2. The maximum absolute atomic E-state index is 13.7. The van der Waals surface area contributed by atoms with Crippen molar-refractivity contribution in [3.8, 4) is 11.4 Å². The largest absolute Gasteiger partial charge is 0.495 e. The first-order valence-electron chi connectivity index (χ1n) is 4.52. The van der Waals surface area contributed by atoms with Crippen molar-refractivity contribution in [2.45, 2.75) is 6.92 Å². The molecule has 0 amide bonds. The van der Waals surface area contributed by atoms with E-state index in [9.17, 15) is 4.39 Å². The van der Waals surface area contributed by atoms with Crippen LogP contribution in [0.4, 0.5) is 10.1 Å². The van der Waals surface area contributed by atoms with Gasteiger partial charge in [0, 0.05) is 12.1 Å². The van der Waals surface area contributed by atoms with Gasteiger partial charge in [0.15, 0.2) is 11.6 Å². The zero-order valence-electron chi connectivity index (χ0n) is 8.81. The van der Waals surface area contributed by atoms with Crippen LogP contribution in [0.3, 0.4) is 0 Å². The molecule has 0 aliphatic carbocycles. The molecule has 84 valence electrons. The Morgan fingerprint density at radius 2 is 2.19 bits per heavy atom. The molecule has 0 fully saturated rings. The Hall–Kier alpha value is -2.18. The number of tetrazole rings is 1. The number of ether oxygens (including phenoxy) is 1. The summed E-state index contributed by atoms with van der Waals surface area (Å²) in [5.74, 6) is 0.353. The monoisotopic (exact) mass is 223 g/mol. The Morgan fingerprint density at radius 3 is 2.75 bits per heavy atom. The first kappa shape index (κ1) is 10.3. The zero-order chi connectivity index (χ0) is 11.7. The van der Waals surface area contributed by atoms with Crippen LogP contribution in [0.2, 0.25) is 0 Å². The van der Waals surface area contributed by atoms with E-state index < -0.39 is 5.82 Å². The molecule has 0 saturated carbocycles. The number of nitrogens with zero attached hydrogens (tertiary/aromatic N) is 4. The van der Waals surface area contributed by atoms with E-state index in [0.717, 1.165) is 0 Å². The summed E-state index contributed by atoms with van der Waals surface area (Å²) in [6.07, 6.45) is 0. The highest BCUT2D eigenvalue weighted by molar-refractivity contribution is 5.58. The predicted molar refractivity (Wildman–Crippen MR) is 54.8 cm³/mol. The van der Waals surface area contributed by atoms with Gasteiger partial charge in [0.05, 0.1) is 12.8 Å². The molecular formula is C9H10FN5O. The molecule has 0 unspecified atom stereocenters. The molecule has 0 bridgehead atoms. The van der Waals surface area contributed by atoms with Crippen molar-refractivity contribution in [2.24, 2.45) is 0 Å². The second-order valence-corrected chi connectivity index (χ2v) is 3.18. The highest BCUT2D eigenvalue weighted by Crippen LogP contribution is 2.27. The lowest BCUT2D eigenvalue weighted by Crippen LogP contribution is -2.04. The number of halogens is 1. The summed E-state index contributed by atoms with van der Waals surface area (Å²) in [5, 5.41) is 10.8. The molecule has 7 heteroatoms. The lowest BCUT2D eigenvalue weighted by atomic mass is 10.2. The number of anilines is 1. The molecule has 2 rings (SSSR count). The van der Waals surface area contributed by atoms with Gasteiger partial charge < -0.3 is 10.5 Å². The number of methoxy groups -OCH3 is 1. The fourth-order valence-electron chi connectivity index (χ4n) is 1.35. The second-order valence-electron chi connectivity index (χ2n) is 3.18. The molecular weight excluding hydrogens is 213 g/mol. The zero-order valence-corrected chi connectivity index (χ0v) is 8.81. The topological polar surface area (TPSA) is 78.8 Å². The summed E-state index contributed by atoms with van der Waals surface area (Å²) in [7, 11) is 1.46. The Kier molecular flexibility index (Phi) is 2.43. The quantitative estimate of drug-likeness (QED) is 0.758. The molecule has 0 aliphatic rings. The maximum atomic E-state index is 13.7. The molecule has 0 aliphatic heterocycles. The van der Waals surface area contributed by atoms with Crippen molar-refractivity contribution in [1.29, 1.82) is 0 Å². The van der Waals surface area contributed by atoms with Crippen LogP contribution >= 0.6 is 0 Å². The fraction of sp³-hybridized carbons (Fsp3) is 0.222. The SMILES string of the molecule is COc1cc(-n2nnnc2C)c(F)cc1N. The minimum absolute atomic E-state index is 0.202. The van der Waals surface area contributed by atoms with Crippen molar-refractivity contribution in [2.75, 3.05) is 12.8 Å². The van der Waals surface area contributed by atoms with E-state index in [1.54, 1.807) is 6.92 Å². The number of aryl methyl sites for hydroxylation is 1. The van der Waals surface area contributed by atoms with E-state index in [0.29, 0.717) is 11.6 Å². The van der Waals surface area contributed by atoms with E-state index in [2.05, 4.69) is 15.5 Å². The van der Waals surface area contributed by atoms with Gasteiger partial charge in [-0.1, -0.05) is 0 Å². The van der Waals surface area contributed by atoms with Crippen molar-refractivity contribution < 1.29 is 9.13 Å². The van der Waals surface area contributed by atoms with E-state index >= 15 is 0 Å². The minimum Gasteiger partial charge on any atom is -0.495 e. The third kappa shape index (κ3) is 1.56. The number of hydrogen-bond acceptors (Lipinski definition) is 5. The van der Waals surface area contributed by atoms with Crippen LogP contribution in [0.1, 0.15) is 5.82 Å². The van der Waals surface area contributed by atoms with Crippen LogP contribution in [0.25, 0.3) is 5.69 Å². The Bertz CT molecular complexity index is 525. The molecule has 16 heavy (non-hydrogen) atoms. The highest BCUT2D eigenvalue weighted by atomic mass is 19.1. The molecule has 0 atom stereocenters. The van der Waals surface area contributed by atoms with Crippen molar-refractivity contribution >= 4 is 5.69 Å². The Morgan fingerprint density at radius 1 is 1.44 bits per heavy atom. The summed E-state index contributed by atoms with van der Waals surface area (Å²) in [6, 6.07) is 2.63. The lowest BCUT2D eigenvalue weighted by molar-refractivity contribution is 0.415. The number of benzene rings is 1. The molecule has 0 radical (unpaired) electrons. The van der Waals surface area contributed by atoms with Gasteiger partial charge in [0.25, 0.3) is 0 Å². The molecule has 2 N–H and O–H groups in total. The van der Waals surface area contributed by atoms with Gasteiger partial charge >= 0.3 is 0 Å². The molecule has 1 aromatic carbocycles. The van der Waals surface area contributed by atoms with Crippen LogP contribution in [-0.4, -0.2) is 27.3 Å². The third-order valence-corrected chi connectivity index (χ3v) is 2.15. The van der Waals surface area contributed by atoms with Gasteiger partial charge in [-0.25, -0.2) is 4.39 Å². The highest BCUT2D eigenvalue weighted by Gasteiger charge is 2.13.